The van der Waals surface area contributed by atoms with Crippen LogP contribution in [0.5, 0.6) is 0 Å². The molecule has 4 unspecified atom stereocenters. The maximum atomic E-state index is 13.1. The molecule has 1 N–H and O–H groups in total. The average Bonchev–Trinajstić information content (AvgIpc) is 3.20. The molecule has 23 heavy (non-hydrogen) atoms. The molecular weight excluding hydrogens is 358 g/mol. The number of halogens is 1. The lowest BCUT2D eigenvalue weighted by Gasteiger charge is -2.30. The largest absolute Gasteiger partial charge is 0.481 e. The lowest BCUT2D eigenvalue weighted by Crippen LogP contribution is -2.42. The van der Waals surface area contributed by atoms with E-state index >= 15 is 0 Å². The molecule has 4 nitrogen and oxygen atoms in total. The minimum absolute atomic E-state index is 0.0294. The standard InChI is InChI=1S/C18H20BrNO3/c1-20(11-4-2-10(19)3-5-11)16(21)14-12-6-7-13(15(14)17(22)23)18(12)8-9-18/h2-5,12-15H,6-9H2,1H3,(H,22,23). The van der Waals surface area contributed by atoms with E-state index in [0.717, 1.165) is 35.8 Å². The Morgan fingerprint density at radius 1 is 1.13 bits per heavy atom. The second kappa shape index (κ2) is 5.07. The van der Waals surface area contributed by atoms with Gasteiger partial charge in [-0.05, 0) is 67.2 Å². The van der Waals surface area contributed by atoms with Gasteiger partial charge in [0.05, 0.1) is 11.8 Å². The summed E-state index contributed by atoms with van der Waals surface area (Å²) in [5.74, 6) is -1.20. The van der Waals surface area contributed by atoms with Gasteiger partial charge in [0.25, 0.3) is 0 Å². The minimum atomic E-state index is -0.786. The summed E-state index contributed by atoms with van der Waals surface area (Å²) in [6, 6.07) is 7.57. The van der Waals surface area contributed by atoms with Crippen LogP contribution in [0.3, 0.4) is 0 Å². The molecule has 3 aliphatic rings. The molecule has 1 aromatic carbocycles. The number of amides is 1. The van der Waals surface area contributed by atoms with Crippen LogP contribution in [0.4, 0.5) is 5.69 Å². The van der Waals surface area contributed by atoms with Gasteiger partial charge in [0.1, 0.15) is 0 Å². The molecule has 3 fully saturated rings. The Bertz CT molecular complexity index is 667. The Kier molecular flexibility index (Phi) is 3.34. The number of benzene rings is 1. The van der Waals surface area contributed by atoms with E-state index in [-0.39, 0.29) is 29.1 Å². The quantitative estimate of drug-likeness (QED) is 0.875. The highest BCUT2D eigenvalue weighted by atomic mass is 79.9. The van der Waals surface area contributed by atoms with E-state index in [1.165, 1.54) is 0 Å². The van der Waals surface area contributed by atoms with E-state index in [1.54, 1.807) is 11.9 Å². The lowest BCUT2D eigenvalue weighted by molar-refractivity contribution is -0.148. The maximum absolute atomic E-state index is 13.1. The fourth-order valence-corrected chi connectivity index (χ4v) is 5.60. The van der Waals surface area contributed by atoms with Crippen molar-refractivity contribution in [2.75, 3.05) is 11.9 Å². The zero-order valence-corrected chi connectivity index (χ0v) is 14.6. The molecule has 0 saturated heterocycles. The fraction of sp³-hybridized carbons (Fsp3) is 0.556. The predicted molar refractivity (Wildman–Crippen MR) is 90.0 cm³/mol. The highest BCUT2D eigenvalue weighted by Crippen LogP contribution is 2.74. The van der Waals surface area contributed by atoms with Gasteiger partial charge in [-0.15, -0.1) is 0 Å². The number of carboxylic acid groups (broad SMARTS) is 1. The first kappa shape index (κ1) is 15.2. The summed E-state index contributed by atoms with van der Waals surface area (Å²) < 4.78 is 0.961. The zero-order valence-electron chi connectivity index (χ0n) is 13.0. The summed E-state index contributed by atoms with van der Waals surface area (Å²) in [6.07, 6.45) is 4.21. The number of hydrogen-bond acceptors (Lipinski definition) is 2. The van der Waals surface area contributed by atoms with Gasteiger partial charge >= 0.3 is 5.97 Å². The van der Waals surface area contributed by atoms with Gasteiger partial charge in [-0.2, -0.15) is 0 Å². The van der Waals surface area contributed by atoms with Gasteiger partial charge in [-0.25, -0.2) is 0 Å². The van der Waals surface area contributed by atoms with E-state index in [0.29, 0.717) is 0 Å². The molecule has 3 saturated carbocycles. The van der Waals surface area contributed by atoms with Crippen molar-refractivity contribution in [1.29, 1.82) is 0 Å². The molecule has 0 radical (unpaired) electrons. The van der Waals surface area contributed by atoms with E-state index in [1.807, 2.05) is 24.3 Å². The minimum Gasteiger partial charge on any atom is -0.481 e. The summed E-state index contributed by atoms with van der Waals surface area (Å²) in [4.78, 5) is 26.6. The third kappa shape index (κ3) is 2.09. The number of carboxylic acids is 1. The molecule has 4 atom stereocenters. The van der Waals surface area contributed by atoms with Gasteiger partial charge in [-0.3, -0.25) is 9.59 Å². The molecule has 122 valence electrons. The Hall–Kier alpha value is -1.36. The summed E-state index contributed by atoms with van der Waals surface area (Å²) in [7, 11) is 1.76. The smallest absolute Gasteiger partial charge is 0.307 e. The van der Waals surface area contributed by atoms with Crippen molar-refractivity contribution in [3.05, 3.63) is 28.7 Å². The van der Waals surface area contributed by atoms with Crippen molar-refractivity contribution in [3.8, 4) is 0 Å². The van der Waals surface area contributed by atoms with Crippen molar-refractivity contribution >= 4 is 33.5 Å². The zero-order chi connectivity index (χ0) is 16.4. The SMILES string of the molecule is CN(C(=O)C1C(C(=O)O)C2CCC1C21CC1)c1ccc(Br)cc1. The van der Waals surface area contributed by atoms with E-state index in [2.05, 4.69) is 15.9 Å². The van der Waals surface area contributed by atoms with E-state index in [9.17, 15) is 14.7 Å². The van der Waals surface area contributed by atoms with Crippen molar-refractivity contribution in [1.82, 2.24) is 0 Å². The molecule has 0 aromatic heterocycles. The van der Waals surface area contributed by atoms with Crippen molar-refractivity contribution in [2.24, 2.45) is 29.1 Å². The summed E-state index contributed by atoms with van der Waals surface area (Å²) in [5.41, 5.74) is 0.985. The topological polar surface area (TPSA) is 57.6 Å². The van der Waals surface area contributed by atoms with Crippen molar-refractivity contribution < 1.29 is 14.7 Å². The molecular formula is C18H20BrNO3. The number of anilines is 1. The Labute approximate surface area is 144 Å². The highest BCUT2D eigenvalue weighted by molar-refractivity contribution is 9.10. The third-order valence-electron chi connectivity index (χ3n) is 6.46. The van der Waals surface area contributed by atoms with Crippen LogP contribution in [0.25, 0.3) is 0 Å². The third-order valence-corrected chi connectivity index (χ3v) is 6.99. The molecule has 5 heteroatoms. The Morgan fingerprint density at radius 2 is 1.70 bits per heavy atom. The molecule has 2 bridgehead atoms. The summed E-state index contributed by atoms with van der Waals surface area (Å²) in [6.45, 7) is 0. The van der Waals surface area contributed by atoms with Gasteiger partial charge in [0, 0.05) is 17.2 Å². The van der Waals surface area contributed by atoms with E-state index in [4.69, 9.17) is 0 Å². The highest BCUT2D eigenvalue weighted by Gasteiger charge is 2.72. The molecule has 1 spiro atoms. The number of rotatable bonds is 3. The number of aliphatic carboxylic acids is 1. The Balaban J connectivity index is 1.64. The first-order valence-electron chi connectivity index (χ1n) is 8.21. The van der Waals surface area contributed by atoms with Crippen molar-refractivity contribution in [2.45, 2.75) is 25.7 Å². The first-order valence-corrected chi connectivity index (χ1v) is 9.01. The van der Waals surface area contributed by atoms with E-state index < -0.39 is 11.9 Å². The number of carbonyl (C=O) groups is 2. The average molecular weight is 378 g/mol. The summed E-state index contributed by atoms with van der Waals surface area (Å²) >= 11 is 3.40. The normalized spacial score (nSPS) is 33.0. The predicted octanol–water partition coefficient (Wildman–Crippen LogP) is 3.55. The van der Waals surface area contributed by atoms with Crippen LogP contribution < -0.4 is 4.90 Å². The first-order chi connectivity index (χ1) is 11.0. The van der Waals surface area contributed by atoms with Gasteiger partial charge in [-0.1, -0.05) is 15.9 Å². The molecule has 3 aliphatic carbocycles. The molecule has 4 rings (SSSR count). The molecule has 0 heterocycles. The maximum Gasteiger partial charge on any atom is 0.307 e. The lowest BCUT2D eigenvalue weighted by atomic mass is 9.78. The molecule has 0 aliphatic heterocycles. The van der Waals surface area contributed by atoms with Crippen LogP contribution in [-0.4, -0.2) is 24.0 Å². The number of carbonyl (C=O) groups excluding carboxylic acids is 1. The van der Waals surface area contributed by atoms with Crippen LogP contribution in [0, 0.1) is 29.1 Å². The van der Waals surface area contributed by atoms with Crippen LogP contribution in [-0.2, 0) is 9.59 Å². The van der Waals surface area contributed by atoms with Crippen LogP contribution >= 0.6 is 15.9 Å². The second-order valence-corrected chi connectivity index (χ2v) is 8.20. The summed E-state index contributed by atoms with van der Waals surface area (Å²) in [5, 5.41) is 9.73. The number of nitrogens with zero attached hydrogens (tertiary/aromatic N) is 1. The monoisotopic (exact) mass is 377 g/mol. The fourth-order valence-electron chi connectivity index (χ4n) is 5.34. The molecule has 1 aromatic rings. The van der Waals surface area contributed by atoms with Crippen molar-refractivity contribution in [3.63, 3.8) is 0 Å². The number of hydrogen-bond donors (Lipinski definition) is 1. The Morgan fingerprint density at radius 3 is 2.22 bits per heavy atom. The molecule has 1 amide bonds. The van der Waals surface area contributed by atoms with Gasteiger partial charge in [0.2, 0.25) is 5.91 Å². The second-order valence-electron chi connectivity index (χ2n) is 7.29. The van der Waals surface area contributed by atoms with Gasteiger partial charge in [0.15, 0.2) is 0 Å². The van der Waals surface area contributed by atoms with Crippen LogP contribution in [0.2, 0.25) is 0 Å². The van der Waals surface area contributed by atoms with Crippen LogP contribution in [0.1, 0.15) is 25.7 Å². The van der Waals surface area contributed by atoms with Crippen LogP contribution in [0.15, 0.2) is 28.7 Å². The van der Waals surface area contributed by atoms with Gasteiger partial charge < -0.3 is 10.0 Å².